The molecule has 114 valence electrons. The van der Waals surface area contributed by atoms with E-state index in [-0.39, 0.29) is 11.7 Å². The van der Waals surface area contributed by atoms with Crippen molar-refractivity contribution in [2.45, 2.75) is 5.22 Å². The predicted octanol–water partition coefficient (Wildman–Crippen LogP) is 2.60. The van der Waals surface area contributed by atoms with Crippen LogP contribution in [0.1, 0.15) is 0 Å². The van der Waals surface area contributed by atoms with Crippen molar-refractivity contribution in [2.24, 2.45) is 0 Å². The molecule has 0 bridgehead atoms. The number of thioether (sulfide) groups is 1. The van der Waals surface area contributed by atoms with Gasteiger partial charge < -0.3 is 9.73 Å². The number of fused-ring (bicyclic) bond motifs is 2. The lowest BCUT2D eigenvalue weighted by Gasteiger charge is -2.05. The number of amides is 1. The van der Waals surface area contributed by atoms with E-state index in [0.29, 0.717) is 11.1 Å². The van der Waals surface area contributed by atoms with Crippen molar-refractivity contribution < 1.29 is 9.21 Å². The third-order valence-electron chi connectivity index (χ3n) is 3.23. The number of nitrogens with one attached hydrogen (secondary N) is 1. The van der Waals surface area contributed by atoms with Crippen molar-refractivity contribution in [3.05, 3.63) is 48.8 Å². The lowest BCUT2D eigenvalue weighted by molar-refractivity contribution is -0.113. The SMILES string of the molecule is O=C(CSc1nn2cnnc2o1)Nc1ccc2ccccc2c1. The summed E-state index contributed by atoms with van der Waals surface area (Å²) in [4.78, 5) is 12.0. The number of rotatable bonds is 4. The van der Waals surface area contributed by atoms with Crippen molar-refractivity contribution in [1.82, 2.24) is 19.8 Å². The molecule has 2 heterocycles. The first-order valence-electron chi connectivity index (χ1n) is 6.86. The number of anilines is 1. The summed E-state index contributed by atoms with van der Waals surface area (Å²) < 4.78 is 6.75. The Balaban J connectivity index is 1.41. The highest BCUT2D eigenvalue weighted by Crippen LogP contribution is 2.20. The normalized spacial score (nSPS) is 11.1. The molecule has 4 rings (SSSR count). The highest BCUT2D eigenvalue weighted by Gasteiger charge is 2.10. The van der Waals surface area contributed by atoms with Crippen molar-refractivity contribution in [2.75, 3.05) is 11.1 Å². The van der Waals surface area contributed by atoms with Gasteiger partial charge in [-0.3, -0.25) is 4.79 Å². The van der Waals surface area contributed by atoms with Crippen LogP contribution in [0, 0.1) is 0 Å². The maximum absolute atomic E-state index is 12.0. The van der Waals surface area contributed by atoms with E-state index >= 15 is 0 Å². The van der Waals surface area contributed by atoms with Gasteiger partial charge >= 0.3 is 5.84 Å². The number of hydrogen-bond donors (Lipinski definition) is 1. The number of nitrogens with zero attached hydrogens (tertiary/aromatic N) is 4. The van der Waals surface area contributed by atoms with Gasteiger partial charge in [-0.25, -0.2) is 0 Å². The Hall–Kier alpha value is -2.87. The number of benzene rings is 2. The van der Waals surface area contributed by atoms with Gasteiger partial charge in [-0.15, -0.1) is 10.2 Å². The maximum atomic E-state index is 12.0. The molecule has 4 aromatic rings. The van der Waals surface area contributed by atoms with Gasteiger partial charge in [0.2, 0.25) is 5.91 Å². The summed E-state index contributed by atoms with van der Waals surface area (Å²) in [6, 6.07) is 13.8. The van der Waals surface area contributed by atoms with Crippen molar-refractivity contribution in [1.29, 1.82) is 0 Å². The smallest absolute Gasteiger partial charge is 0.345 e. The summed E-state index contributed by atoms with van der Waals surface area (Å²) in [6.07, 6.45) is 1.44. The molecule has 0 fully saturated rings. The molecule has 2 aromatic carbocycles. The molecule has 0 atom stereocenters. The van der Waals surface area contributed by atoms with Gasteiger partial charge in [-0.2, -0.15) is 4.52 Å². The molecule has 2 aromatic heterocycles. The van der Waals surface area contributed by atoms with Gasteiger partial charge in [0.05, 0.1) is 5.75 Å². The lowest BCUT2D eigenvalue weighted by atomic mass is 10.1. The van der Waals surface area contributed by atoms with Crippen LogP contribution in [0.2, 0.25) is 0 Å². The fourth-order valence-electron chi connectivity index (χ4n) is 2.19. The fourth-order valence-corrected chi connectivity index (χ4v) is 2.80. The van der Waals surface area contributed by atoms with E-state index in [9.17, 15) is 4.79 Å². The molecule has 7 nitrogen and oxygen atoms in total. The Morgan fingerprint density at radius 2 is 2.09 bits per heavy atom. The highest BCUT2D eigenvalue weighted by molar-refractivity contribution is 7.99. The molecule has 8 heteroatoms. The van der Waals surface area contributed by atoms with E-state index in [1.807, 2.05) is 42.5 Å². The van der Waals surface area contributed by atoms with Crippen LogP contribution in [0.25, 0.3) is 16.6 Å². The highest BCUT2D eigenvalue weighted by atomic mass is 32.2. The average molecular weight is 325 g/mol. The van der Waals surface area contributed by atoms with Crippen LogP contribution in [0.4, 0.5) is 5.69 Å². The van der Waals surface area contributed by atoms with Crippen LogP contribution >= 0.6 is 11.8 Å². The summed E-state index contributed by atoms with van der Waals surface area (Å²) in [5.74, 6) is 0.380. The third-order valence-corrected chi connectivity index (χ3v) is 4.05. The van der Waals surface area contributed by atoms with Crippen LogP contribution in [0.15, 0.2) is 58.4 Å². The van der Waals surface area contributed by atoms with Crippen LogP contribution in [0.5, 0.6) is 0 Å². The van der Waals surface area contributed by atoms with Crippen LogP contribution in [0.3, 0.4) is 0 Å². The van der Waals surface area contributed by atoms with E-state index in [4.69, 9.17) is 4.42 Å². The summed E-state index contributed by atoms with van der Waals surface area (Å²) in [7, 11) is 0. The zero-order valence-electron chi connectivity index (χ0n) is 11.8. The first kappa shape index (κ1) is 13.8. The first-order chi connectivity index (χ1) is 11.3. The van der Waals surface area contributed by atoms with Gasteiger partial charge in [-0.1, -0.05) is 47.2 Å². The van der Waals surface area contributed by atoms with E-state index in [1.165, 1.54) is 22.6 Å². The standard InChI is InChI=1S/C15H11N5O2S/c21-13(8-23-15-19-20-9-16-18-14(20)22-15)17-12-6-5-10-3-1-2-4-11(10)7-12/h1-7,9H,8H2,(H,17,21). The van der Waals surface area contributed by atoms with Crippen molar-refractivity contribution in [3.8, 4) is 0 Å². The molecule has 1 N–H and O–H groups in total. The zero-order valence-corrected chi connectivity index (χ0v) is 12.7. The van der Waals surface area contributed by atoms with Crippen molar-refractivity contribution in [3.63, 3.8) is 0 Å². The van der Waals surface area contributed by atoms with Crippen LogP contribution < -0.4 is 5.32 Å². The largest absolute Gasteiger partial charge is 0.396 e. The molecule has 0 aliphatic carbocycles. The molecule has 0 radical (unpaired) electrons. The quantitative estimate of drug-likeness (QED) is 0.581. The molecular formula is C15H11N5O2S. The molecular weight excluding hydrogens is 314 g/mol. The van der Waals surface area contributed by atoms with Gasteiger partial charge in [0.15, 0.2) is 0 Å². The second kappa shape index (κ2) is 5.73. The minimum Gasteiger partial charge on any atom is -0.396 e. The van der Waals surface area contributed by atoms with Crippen molar-refractivity contribution >= 4 is 40.0 Å². The van der Waals surface area contributed by atoms with Gasteiger partial charge in [0.1, 0.15) is 6.33 Å². The Morgan fingerprint density at radius 3 is 2.96 bits per heavy atom. The molecule has 0 saturated heterocycles. The van der Waals surface area contributed by atoms with Gasteiger partial charge in [-0.05, 0) is 22.9 Å². The zero-order chi connectivity index (χ0) is 15.6. The van der Waals surface area contributed by atoms with E-state index < -0.39 is 0 Å². The number of carbonyl (C=O) groups is 1. The Labute approximate surface area is 134 Å². The Morgan fingerprint density at radius 1 is 1.22 bits per heavy atom. The predicted molar refractivity (Wildman–Crippen MR) is 86.3 cm³/mol. The van der Waals surface area contributed by atoms with E-state index in [2.05, 4.69) is 20.6 Å². The Kier molecular flexibility index (Phi) is 3.43. The first-order valence-corrected chi connectivity index (χ1v) is 7.85. The van der Waals surface area contributed by atoms with Crippen LogP contribution in [-0.2, 0) is 4.79 Å². The third kappa shape index (κ3) is 2.88. The number of hydrogen-bond acceptors (Lipinski definition) is 6. The Bertz CT molecular complexity index is 965. The fraction of sp³-hybridized carbons (Fsp3) is 0.0667. The lowest BCUT2D eigenvalue weighted by Crippen LogP contribution is -2.13. The summed E-state index contributed by atoms with van der Waals surface area (Å²) in [5.41, 5.74) is 0.765. The van der Waals surface area contributed by atoms with E-state index in [1.54, 1.807) is 0 Å². The number of aromatic nitrogens is 4. The molecule has 0 unspecified atom stereocenters. The van der Waals surface area contributed by atoms with E-state index in [0.717, 1.165) is 16.5 Å². The maximum Gasteiger partial charge on any atom is 0.345 e. The second-order valence-electron chi connectivity index (χ2n) is 4.82. The number of carbonyl (C=O) groups excluding carboxylic acids is 1. The molecule has 1 amide bonds. The van der Waals surface area contributed by atoms with Gasteiger partial charge in [0, 0.05) is 5.69 Å². The monoisotopic (exact) mass is 325 g/mol. The topological polar surface area (TPSA) is 85.3 Å². The second-order valence-corrected chi connectivity index (χ2v) is 5.75. The molecule has 0 saturated carbocycles. The molecule has 23 heavy (non-hydrogen) atoms. The summed E-state index contributed by atoms with van der Waals surface area (Å²) in [6.45, 7) is 0. The molecule has 0 spiro atoms. The van der Waals surface area contributed by atoms with Crippen LogP contribution in [-0.4, -0.2) is 31.5 Å². The summed E-state index contributed by atoms with van der Waals surface area (Å²) >= 11 is 1.20. The molecule has 0 aliphatic heterocycles. The van der Waals surface area contributed by atoms with Gasteiger partial charge in [0.25, 0.3) is 5.22 Å². The summed E-state index contributed by atoms with van der Waals surface area (Å²) in [5, 5.41) is 16.9. The molecule has 0 aliphatic rings. The minimum atomic E-state index is -0.126. The minimum absolute atomic E-state index is 0.126. The average Bonchev–Trinajstić information content (AvgIpc) is 3.14.